The Morgan fingerprint density at radius 1 is 1.38 bits per heavy atom. The summed E-state index contributed by atoms with van der Waals surface area (Å²) in [5, 5.41) is 19.1. The summed E-state index contributed by atoms with van der Waals surface area (Å²) in [6.45, 7) is 3.89. The highest BCUT2D eigenvalue weighted by molar-refractivity contribution is 5.66. The summed E-state index contributed by atoms with van der Waals surface area (Å²) in [4.78, 5) is 10.8. The summed E-state index contributed by atoms with van der Waals surface area (Å²) < 4.78 is 0. The van der Waals surface area contributed by atoms with Gasteiger partial charge in [-0.15, -0.1) is 6.58 Å². The number of aliphatic hydroxyl groups is 1. The quantitative estimate of drug-likeness (QED) is 0.787. The van der Waals surface area contributed by atoms with Gasteiger partial charge in [0.15, 0.2) is 0 Å². The van der Waals surface area contributed by atoms with Crippen molar-refractivity contribution in [2.24, 2.45) is 5.92 Å². The largest absolute Gasteiger partial charge is 0.481 e. The Hall–Kier alpha value is -1.61. The van der Waals surface area contributed by atoms with E-state index in [-0.39, 0.29) is 23.9 Å². The van der Waals surface area contributed by atoms with Crippen LogP contribution in [-0.2, 0) is 10.2 Å². The van der Waals surface area contributed by atoms with Gasteiger partial charge in [0.05, 0.1) is 6.10 Å². The molecule has 21 heavy (non-hydrogen) atoms. The second-order valence-electron chi connectivity index (χ2n) is 6.14. The van der Waals surface area contributed by atoms with Gasteiger partial charge < -0.3 is 10.2 Å². The number of hydrogen-bond donors (Lipinski definition) is 2. The molecule has 1 fully saturated rings. The molecule has 0 amide bonds. The molecular weight excluding hydrogens is 264 g/mol. The molecule has 0 aliphatic heterocycles. The van der Waals surface area contributed by atoms with Gasteiger partial charge >= 0.3 is 5.97 Å². The standard InChI is InChI=1S/C18H24O3/c1-2-11-18(15-6-4-3-5-7-15)12-10-16(19)14(13-18)8-9-17(20)21/h2-7,14,16,19H,1,8-13H2,(H,20,21). The first-order valence-electron chi connectivity index (χ1n) is 7.64. The van der Waals surface area contributed by atoms with Crippen molar-refractivity contribution in [2.45, 2.75) is 50.0 Å². The Balaban J connectivity index is 2.21. The Kier molecular flexibility index (Phi) is 5.18. The molecule has 0 saturated heterocycles. The average molecular weight is 288 g/mol. The summed E-state index contributed by atoms with van der Waals surface area (Å²) in [5.41, 5.74) is 1.27. The van der Waals surface area contributed by atoms with E-state index >= 15 is 0 Å². The molecular formula is C18H24O3. The molecule has 0 radical (unpaired) electrons. The van der Waals surface area contributed by atoms with E-state index in [4.69, 9.17) is 5.11 Å². The number of rotatable bonds is 6. The minimum atomic E-state index is -0.790. The van der Waals surface area contributed by atoms with Crippen molar-refractivity contribution in [2.75, 3.05) is 0 Å². The normalized spacial score (nSPS) is 29.0. The van der Waals surface area contributed by atoms with Gasteiger partial charge in [0.25, 0.3) is 0 Å². The van der Waals surface area contributed by atoms with E-state index in [1.54, 1.807) is 0 Å². The first kappa shape index (κ1) is 15.8. The van der Waals surface area contributed by atoms with Crippen LogP contribution < -0.4 is 0 Å². The van der Waals surface area contributed by atoms with Gasteiger partial charge in [-0.1, -0.05) is 36.4 Å². The SMILES string of the molecule is C=CCC1(c2ccccc2)CCC(O)C(CCC(=O)O)C1. The predicted molar refractivity (Wildman–Crippen MR) is 83.2 cm³/mol. The highest BCUT2D eigenvalue weighted by Gasteiger charge is 2.40. The average Bonchev–Trinajstić information content (AvgIpc) is 2.49. The van der Waals surface area contributed by atoms with E-state index in [9.17, 15) is 9.90 Å². The topological polar surface area (TPSA) is 57.5 Å². The molecule has 2 N–H and O–H groups in total. The van der Waals surface area contributed by atoms with E-state index in [0.29, 0.717) is 6.42 Å². The summed E-state index contributed by atoms with van der Waals surface area (Å²) in [5.74, 6) is -0.739. The monoisotopic (exact) mass is 288 g/mol. The molecule has 3 unspecified atom stereocenters. The van der Waals surface area contributed by atoms with Crippen LogP contribution in [0.1, 0.15) is 44.1 Å². The van der Waals surface area contributed by atoms with E-state index in [1.165, 1.54) is 5.56 Å². The van der Waals surface area contributed by atoms with Crippen LogP contribution in [0.2, 0.25) is 0 Å². The highest BCUT2D eigenvalue weighted by Crippen LogP contribution is 2.46. The third kappa shape index (κ3) is 3.73. The van der Waals surface area contributed by atoms with Gasteiger partial charge in [-0.2, -0.15) is 0 Å². The van der Waals surface area contributed by atoms with Gasteiger partial charge in [-0.25, -0.2) is 0 Å². The fourth-order valence-electron chi connectivity index (χ4n) is 3.64. The maximum atomic E-state index is 10.8. The molecule has 2 rings (SSSR count). The van der Waals surface area contributed by atoms with Gasteiger partial charge in [0.2, 0.25) is 0 Å². The zero-order valence-corrected chi connectivity index (χ0v) is 12.4. The molecule has 3 nitrogen and oxygen atoms in total. The minimum absolute atomic E-state index is 0.00852. The Bertz CT molecular complexity index is 482. The van der Waals surface area contributed by atoms with Crippen LogP contribution >= 0.6 is 0 Å². The van der Waals surface area contributed by atoms with Crippen molar-refractivity contribution in [3.8, 4) is 0 Å². The van der Waals surface area contributed by atoms with Gasteiger partial charge in [-0.3, -0.25) is 4.79 Å². The number of hydrogen-bond acceptors (Lipinski definition) is 2. The fourth-order valence-corrected chi connectivity index (χ4v) is 3.64. The molecule has 0 aromatic heterocycles. The lowest BCUT2D eigenvalue weighted by Crippen LogP contribution is -2.39. The molecule has 1 aromatic carbocycles. The van der Waals surface area contributed by atoms with Crippen LogP contribution in [0.3, 0.4) is 0 Å². The highest BCUT2D eigenvalue weighted by atomic mass is 16.4. The number of benzene rings is 1. The molecule has 3 heteroatoms. The van der Waals surface area contributed by atoms with Crippen LogP contribution in [-0.4, -0.2) is 22.3 Å². The summed E-state index contributed by atoms with van der Waals surface area (Å²) in [7, 11) is 0. The first-order chi connectivity index (χ1) is 10.1. The lowest BCUT2D eigenvalue weighted by Gasteiger charge is -2.43. The van der Waals surface area contributed by atoms with Crippen LogP contribution in [0, 0.1) is 5.92 Å². The fraction of sp³-hybridized carbons (Fsp3) is 0.500. The second kappa shape index (κ2) is 6.90. The van der Waals surface area contributed by atoms with Crippen LogP contribution in [0.4, 0.5) is 0 Å². The molecule has 1 aliphatic rings. The van der Waals surface area contributed by atoms with E-state index in [1.807, 2.05) is 24.3 Å². The zero-order chi connectivity index (χ0) is 15.3. The molecule has 1 aromatic rings. The van der Waals surface area contributed by atoms with Crippen LogP contribution in [0.25, 0.3) is 0 Å². The summed E-state index contributed by atoms with van der Waals surface area (Å²) >= 11 is 0. The molecule has 0 bridgehead atoms. The molecule has 1 saturated carbocycles. The van der Waals surface area contributed by atoms with Gasteiger partial charge in [-0.05, 0) is 49.0 Å². The van der Waals surface area contributed by atoms with Crippen molar-refractivity contribution in [3.05, 3.63) is 48.6 Å². The van der Waals surface area contributed by atoms with Crippen molar-refractivity contribution in [1.29, 1.82) is 0 Å². The van der Waals surface area contributed by atoms with Crippen molar-refractivity contribution in [1.82, 2.24) is 0 Å². The Morgan fingerprint density at radius 3 is 2.71 bits per heavy atom. The lowest BCUT2D eigenvalue weighted by molar-refractivity contribution is -0.137. The number of aliphatic hydroxyl groups excluding tert-OH is 1. The van der Waals surface area contributed by atoms with Crippen LogP contribution in [0.15, 0.2) is 43.0 Å². The maximum Gasteiger partial charge on any atom is 0.303 e. The zero-order valence-electron chi connectivity index (χ0n) is 12.4. The second-order valence-corrected chi connectivity index (χ2v) is 6.14. The summed E-state index contributed by atoms with van der Waals surface area (Å²) in [6.07, 6.45) is 5.58. The third-order valence-corrected chi connectivity index (χ3v) is 4.77. The molecule has 0 heterocycles. The number of carboxylic acid groups (broad SMARTS) is 1. The number of carboxylic acids is 1. The van der Waals surface area contributed by atoms with Crippen molar-refractivity contribution in [3.63, 3.8) is 0 Å². The molecule has 114 valence electrons. The molecule has 1 aliphatic carbocycles. The van der Waals surface area contributed by atoms with E-state index in [0.717, 1.165) is 25.7 Å². The third-order valence-electron chi connectivity index (χ3n) is 4.77. The van der Waals surface area contributed by atoms with Crippen molar-refractivity contribution < 1.29 is 15.0 Å². The molecule has 0 spiro atoms. The van der Waals surface area contributed by atoms with Crippen molar-refractivity contribution >= 4 is 5.97 Å². The van der Waals surface area contributed by atoms with Gasteiger partial charge in [0, 0.05) is 6.42 Å². The summed E-state index contributed by atoms with van der Waals surface area (Å²) in [6, 6.07) is 10.4. The number of carbonyl (C=O) groups is 1. The number of aliphatic carboxylic acids is 1. The Morgan fingerprint density at radius 2 is 2.10 bits per heavy atom. The van der Waals surface area contributed by atoms with Crippen LogP contribution in [0.5, 0.6) is 0 Å². The minimum Gasteiger partial charge on any atom is -0.481 e. The Labute approximate surface area is 126 Å². The predicted octanol–water partition coefficient (Wildman–Crippen LogP) is 3.53. The maximum absolute atomic E-state index is 10.8. The first-order valence-corrected chi connectivity index (χ1v) is 7.64. The smallest absolute Gasteiger partial charge is 0.303 e. The van der Waals surface area contributed by atoms with E-state index in [2.05, 4.69) is 18.7 Å². The van der Waals surface area contributed by atoms with E-state index < -0.39 is 5.97 Å². The van der Waals surface area contributed by atoms with Gasteiger partial charge in [0.1, 0.15) is 0 Å². The molecule has 3 atom stereocenters. The number of allylic oxidation sites excluding steroid dienone is 1. The lowest BCUT2D eigenvalue weighted by atomic mass is 9.62.